The fourth-order valence-corrected chi connectivity index (χ4v) is 5.26. The van der Waals surface area contributed by atoms with Crippen LogP contribution in [0.1, 0.15) is 94.5 Å². The van der Waals surface area contributed by atoms with Crippen molar-refractivity contribution in [2.24, 2.45) is 0 Å². The average Bonchev–Trinajstić information content (AvgIpc) is 3.35. The van der Waals surface area contributed by atoms with Crippen molar-refractivity contribution in [3.8, 4) is 11.5 Å². The van der Waals surface area contributed by atoms with E-state index in [4.69, 9.17) is 9.47 Å². The predicted molar refractivity (Wildman–Crippen MR) is 162 cm³/mol. The van der Waals surface area contributed by atoms with Gasteiger partial charge in [-0.05, 0) is 42.8 Å². The molecule has 1 aromatic heterocycles. The first kappa shape index (κ1) is 30.7. The summed E-state index contributed by atoms with van der Waals surface area (Å²) in [6.07, 6.45) is 18.2. The minimum Gasteiger partial charge on any atom is -0.494 e. The second-order valence-corrected chi connectivity index (χ2v) is 11.4. The van der Waals surface area contributed by atoms with Gasteiger partial charge >= 0.3 is 0 Å². The molecule has 0 spiro atoms. The third-order valence-electron chi connectivity index (χ3n) is 6.91. The normalized spacial score (nSPS) is 10.9. The number of nitrogens with one attached hydrogen (secondary N) is 1. The number of ether oxygens (including phenoxy) is 2. The number of rotatable bonds is 20. The van der Waals surface area contributed by atoms with Gasteiger partial charge in [0.05, 0.1) is 12.0 Å². The molecule has 3 rings (SSSR count). The maximum atomic E-state index is 12.4. The highest BCUT2D eigenvalue weighted by molar-refractivity contribution is 7.09. The molecule has 0 fully saturated rings. The van der Waals surface area contributed by atoms with Gasteiger partial charge in [-0.1, -0.05) is 101 Å². The Morgan fingerprint density at radius 2 is 1.44 bits per heavy atom. The van der Waals surface area contributed by atoms with Crippen LogP contribution in [0.15, 0.2) is 60.1 Å². The molecule has 2 aromatic carbocycles. The van der Waals surface area contributed by atoms with Crippen molar-refractivity contribution in [2.75, 3.05) is 18.5 Å². The van der Waals surface area contributed by atoms with Crippen LogP contribution >= 0.6 is 11.3 Å². The van der Waals surface area contributed by atoms with Gasteiger partial charge in [-0.15, -0.1) is 0 Å². The Bertz CT molecular complexity index is 1080. The highest BCUT2D eigenvalue weighted by Crippen LogP contribution is 2.19. The van der Waals surface area contributed by atoms with E-state index in [0.717, 1.165) is 36.6 Å². The topological polar surface area (TPSA) is 51.4 Å². The van der Waals surface area contributed by atoms with Gasteiger partial charge in [-0.25, -0.2) is 0 Å². The van der Waals surface area contributed by atoms with E-state index in [9.17, 15) is 4.79 Å². The molecule has 212 valence electrons. The van der Waals surface area contributed by atoms with Crippen molar-refractivity contribution >= 4 is 22.9 Å². The van der Waals surface area contributed by atoms with Gasteiger partial charge in [0.2, 0.25) is 5.01 Å². The van der Waals surface area contributed by atoms with Crippen LogP contribution < -0.4 is 19.4 Å². The number of carbonyl (C=O) groups is 1. The Labute approximate surface area is 239 Å². The summed E-state index contributed by atoms with van der Waals surface area (Å²) in [4.78, 5) is 12.4. The van der Waals surface area contributed by atoms with E-state index < -0.39 is 0 Å². The molecule has 0 aliphatic heterocycles. The fraction of sp³-hybridized carbons (Fsp3) is 0.515. The van der Waals surface area contributed by atoms with E-state index in [2.05, 4.69) is 41.4 Å². The molecule has 0 atom stereocenters. The standard InChI is InChI=1S/C33H46N2O3S/c1-3-4-5-6-7-8-9-10-11-12-13-14-23-37-31-18-20-32(21-19-31)38-27-33(36)34-30-17-15-16-29(25-30)26-35-22-24-39-28(35)2/h15-22,24-25H,3-14,23,26-27H2,1-2H3/p+1. The maximum Gasteiger partial charge on any atom is 0.262 e. The third-order valence-corrected chi connectivity index (χ3v) is 7.74. The average molecular weight is 552 g/mol. The van der Waals surface area contributed by atoms with Crippen LogP contribution in [0.4, 0.5) is 5.69 Å². The summed E-state index contributed by atoms with van der Waals surface area (Å²) in [5, 5.41) is 6.26. The van der Waals surface area contributed by atoms with Crippen molar-refractivity contribution < 1.29 is 18.8 Å². The van der Waals surface area contributed by atoms with Crippen molar-refractivity contribution in [2.45, 2.75) is 97.4 Å². The quantitative estimate of drug-likeness (QED) is 0.113. The zero-order chi connectivity index (χ0) is 27.5. The molecule has 0 radical (unpaired) electrons. The largest absolute Gasteiger partial charge is 0.494 e. The van der Waals surface area contributed by atoms with Crippen molar-refractivity contribution in [3.63, 3.8) is 0 Å². The van der Waals surface area contributed by atoms with Crippen molar-refractivity contribution in [3.05, 3.63) is 70.7 Å². The Kier molecular flexibility index (Phi) is 14.5. The van der Waals surface area contributed by atoms with Gasteiger partial charge < -0.3 is 14.8 Å². The summed E-state index contributed by atoms with van der Waals surface area (Å²) < 4.78 is 13.8. The molecule has 0 saturated carbocycles. The first-order valence-corrected chi connectivity index (χ1v) is 15.7. The Morgan fingerprint density at radius 1 is 0.821 bits per heavy atom. The van der Waals surface area contributed by atoms with Crippen LogP contribution in [0.25, 0.3) is 0 Å². The van der Waals surface area contributed by atoms with Crippen LogP contribution in [0, 0.1) is 6.92 Å². The van der Waals surface area contributed by atoms with Gasteiger partial charge in [-0.3, -0.25) is 4.79 Å². The first-order valence-electron chi connectivity index (χ1n) is 14.8. The number of carbonyl (C=O) groups excluding carboxylic acids is 1. The highest BCUT2D eigenvalue weighted by Gasteiger charge is 2.10. The smallest absolute Gasteiger partial charge is 0.262 e. The molecule has 39 heavy (non-hydrogen) atoms. The molecule has 1 N–H and O–H groups in total. The summed E-state index contributed by atoms with van der Waals surface area (Å²) in [7, 11) is 0. The lowest BCUT2D eigenvalue weighted by Gasteiger charge is -2.10. The second-order valence-electron chi connectivity index (χ2n) is 10.3. The highest BCUT2D eigenvalue weighted by atomic mass is 32.1. The maximum absolute atomic E-state index is 12.4. The molecule has 0 aliphatic carbocycles. The van der Waals surface area contributed by atoms with Gasteiger partial charge in [-0.2, -0.15) is 4.57 Å². The summed E-state index contributed by atoms with van der Waals surface area (Å²) in [5.41, 5.74) is 1.91. The Balaban J connectivity index is 1.23. The molecule has 0 bridgehead atoms. The third kappa shape index (κ3) is 12.7. The zero-order valence-corrected chi connectivity index (χ0v) is 24.8. The summed E-state index contributed by atoms with van der Waals surface area (Å²) in [6, 6.07) is 15.4. The van der Waals surface area contributed by atoms with Gasteiger partial charge in [0, 0.05) is 18.2 Å². The summed E-state index contributed by atoms with van der Waals surface area (Å²) in [5.74, 6) is 1.31. The van der Waals surface area contributed by atoms with Crippen LogP contribution in [0.3, 0.4) is 0 Å². The number of unbranched alkanes of at least 4 members (excludes halogenated alkanes) is 11. The number of thiazole rings is 1. The molecule has 6 heteroatoms. The zero-order valence-electron chi connectivity index (χ0n) is 24.0. The Morgan fingerprint density at radius 3 is 2.05 bits per heavy atom. The van der Waals surface area contributed by atoms with Crippen LogP contribution in [-0.4, -0.2) is 19.1 Å². The molecule has 1 heterocycles. The summed E-state index contributed by atoms with van der Waals surface area (Å²) >= 11 is 1.72. The minimum atomic E-state index is -0.182. The number of hydrogen-bond acceptors (Lipinski definition) is 4. The molecular weight excluding hydrogens is 504 g/mol. The number of benzene rings is 2. The fourth-order valence-electron chi connectivity index (χ4n) is 4.59. The molecule has 0 aliphatic rings. The minimum absolute atomic E-state index is 0.0400. The van der Waals surface area contributed by atoms with Gasteiger partial charge in [0.15, 0.2) is 19.3 Å². The lowest BCUT2D eigenvalue weighted by molar-refractivity contribution is -0.689. The van der Waals surface area contributed by atoms with Crippen molar-refractivity contribution in [1.29, 1.82) is 0 Å². The SMILES string of the molecule is CCCCCCCCCCCCCCOc1ccc(OCC(=O)Nc2cccc(C[n+]3ccsc3C)c2)cc1. The van der Waals surface area contributed by atoms with E-state index in [1.807, 2.05) is 42.5 Å². The monoisotopic (exact) mass is 551 g/mol. The van der Waals surface area contributed by atoms with Crippen LogP contribution in [0.5, 0.6) is 11.5 Å². The lowest BCUT2D eigenvalue weighted by atomic mass is 10.1. The second kappa shape index (κ2) is 18.4. The van der Waals surface area contributed by atoms with Gasteiger partial charge in [0.25, 0.3) is 5.91 Å². The number of hydrogen-bond donors (Lipinski definition) is 1. The number of aromatic nitrogens is 1. The van der Waals surface area contributed by atoms with E-state index >= 15 is 0 Å². The first-order chi connectivity index (χ1) is 19.1. The van der Waals surface area contributed by atoms with E-state index in [1.54, 1.807) is 11.3 Å². The van der Waals surface area contributed by atoms with E-state index in [-0.39, 0.29) is 12.5 Å². The predicted octanol–water partition coefficient (Wildman–Crippen LogP) is 8.49. The van der Waals surface area contributed by atoms with Crippen molar-refractivity contribution in [1.82, 2.24) is 0 Å². The number of aryl methyl sites for hydroxylation is 1. The summed E-state index contributed by atoms with van der Waals surface area (Å²) in [6.45, 7) is 5.86. The Hall–Kier alpha value is -2.86. The molecule has 1 amide bonds. The number of amides is 1. The number of anilines is 1. The van der Waals surface area contributed by atoms with E-state index in [1.165, 1.54) is 75.6 Å². The van der Waals surface area contributed by atoms with Crippen LogP contribution in [0.2, 0.25) is 0 Å². The molecular formula is C33H47N2O3S+. The number of nitrogens with zero attached hydrogens (tertiary/aromatic N) is 1. The molecule has 0 unspecified atom stereocenters. The molecule has 5 nitrogen and oxygen atoms in total. The van der Waals surface area contributed by atoms with E-state index in [0.29, 0.717) is 5.75 Å². The lowest BCUT2D eigenvalue weighted by Crippen LogP contribution is -2.34. The van der Waals surface area contributed by atoms with Crippen LogP contribution in [-0.2, 0) is 11.3 Å². The molecule has 3 aromatic rings. The molecule has 0 saturated heterocycles. The van der Waals surface area contributed by atoms with Gasteiger partial charge in [0.1, 0.15) is 11.5 Å².